The van der Waals surface area contributed by atoms with Gasteiger partial charge in [-0.05, 0) is 49.8 Å². The number of benzene rings is 1. The molecule has 1 N–H and O–H groups in total. The molecule has 0 radical (unpaired) electrons. The van der Waals surface area contributed by atoms with E-state index in [2.05, 4.69) is 0 Å². The highest BCUT2D eigenvalue weighted by Crippen LogP contribution is 2.45. The normalized spacial score (nSPS) is 22.2. The van der Waals surface area contributed by atoms with Crippen LogP contribution in [-0.4, -0.2) is 41.6 Å². The standard InChI is InChI=1S/C20H27NO4/c1-14-7-8-15(12-17(14)25-2)20(9-3-4-10-20)19(24)21-11-5-6-16(21)13-18(22)23/h7-8,12,16H,3-6,9-11,13H2,1-2H3,(H,22,23). The number of ether oxygens (including phenoxy) is 1. The zero-order valence-electron chi connectivity index (χ0n) is 15.1. The van der Waals surface area contributed by atoms with Crippen molar-refractivity contribution in [2.45, 2.75) is 63.3 Å². The third-order valence-electron chi connectivity index (χ3n) is 5.88. The maximum Gasteiger partial charge on any atom is 0.305 e. The Balaban J connectivity index is 1.95. The number of carboxylic acid groups (broad SMARTS) is 1. The number of hydrogen-bond donors (Lipinski definition) is 1. The largest absolute Gasteiger partial charge is 0.496 e. The van der Waals surface area contributed by atoms with Gasteiger partial charge in [-0.2, -0.15) is 0 Å². The second-order valence-corrected chi connectivity index (χ2v) is 7.37. The molecule has 1 saturated carbocycles. The van der Waals surface area contributed by atoms with E-state index in [0.29, 0.717) is 6.54 Å². The molecule has 5 nitrogen and oxygen atoms in total. The zero-order chi connectivity index (χ0) is 18.0. The van der Waals surface area contributed by atoms with Crippen LogP contribution in [0.2, 0.25) is 0 Å². The van der Waals surface area contributed by atoms with Crippen molar-refractivity contribution in [3.63, 3.8) is 0 Å². The summed E-state index contributed by atoms with van der Waals surface area (Å²) < 4.78 is 5.47. The lowest BCUT2D eigenvalue weighted by Crippen LogP contribution is -2.48. The molecule has 1 aliphatic heterocycles. The molecule has 1 saturated heterocycles. The van der Waals surface area contributed by atoms with Crippen molar-refractivity contribution in [3.8, 4) is 5.75 Å². The second-order valence-electron chi connectivity index (χ2n) is 7.37. The first-order valence-corrected chi connectivity index (χ1v) is 9.16. The average molecular weight is 345 g/mol. The Kier molecular flexibility index (Phi) is 5.02. The zero-order valence-corrected chi connectivity index (χ0v) is 15.1. The van der Waals surface area contributed by atoms with Gasteiger partial charge in [0.1, 0.15) is 5.75 Å². The van der Waals surface area contributed by atoms with Crippen molar-refractivity contribution in [2.24, 2.45) is 0 Å². The minimum atomic E-state index is -0.831. The van der Waals surface area contributed by atoms with Crippen molar-refractivity contribution < 1.29 is 19.4 Å². The van der Waals surface area contributed by atoms with Crippen LogP contribution in [0.25, 0.3) is 0 Å². The molecule has 1 aromatic carbocycles. The van der Waals surface area contributed by atoms with Crippen LogP contribution in [0.3, 0.4) is 0 Å². The fourth-order valence-corrected chi connectivity index (χ4v) is 4.51. The van der Waals surface area contributed by atoms with E-state index in [-0.39, 0.29) is 18.4 Å². The highest BCUT2D eigenvalue weighted by molar-refractivity contribution is 5.89. The minimum absolute atomic E-state index is 0.0407. The van der Waals surface area contributed by atoms with Crippen molar-refractivity contribution >= 4 is 11.9 Å². The Hall–Kier alpha value is -2.04. The van der Waals surface area contributed by atoms with Gasteiger partial charge in [-0.3, -0.25) is 9.59 Å². The van der Waals surface area contributed by atoms with Gasteiger partial charge in [-0.1, -0.05) is 25.0 Å². The molecule has 1 atom stereocenters. The third-order valence-corrected chi connectivity index (χ3v) is 5.88. The molecule has 0 bridgehead atoms. The van der Waals surface area contributed by atoms with Crippen LogP contribution in [0.5, 0.6) is 5.75 Å². The summed E-state index contributed by atoms with van der Waals surface area (Å²) in [7, 11) is 1.65. The van der Waals surface area contributed by atoms with Gasteiger partial charge in [0.15, 0.2) is 0 Å². The number of amides is 1. The van der Waals surface area contributed by atoms with E-state index in [1.54, 1.807) is 7.11 Å². The Bertz CT molecular complexity index is 664. The number of likely N-dealkylation sites (tertiary alicyclic amines) is 1. The first-order chi connectivity index (χ1) is 12.0. The van der Waals surface area contributed by atoms with Crippen LogP contribution in [0, 0.1) is 6.92 Å². The van der Waals surface area contributed by atoms with Gasteiger partial charge >= 0.3 is 5.97 Å². The van der Waals surface area contributed by atoms with E-state index in [1.807, 2.05) is 30.0 Å². The van der Waals surface area contributed by atoms with E-state index >= 15 is 0 Å². The number of methoxy groups -OCH3 is 1. The molecule has 2 fully saturated rings. The molecule has 0 aromatic heterocycles. The smallest absolute Gasteiger partial charge is 0.305 e. The molecule has 1 heterocycles. The molecule has 1 unspecified atom stereocenters. The number of aliphatic carboxylic acids is 1. The molecule has 5 heteroatoms. The number of aryl methyl sites for hydroxylation is 1. The summed E-state index contributed by atoms with van der Waals surface area (Å²) in [6.07, 6.45) is 5.42. The van der Waals surface area contributed by atoms with Crippen LogP contribution < -0.4 is 4.74 Å². The summed E-state index contributed by atoms with van der Waals surface area (Å²) in [6.45, 7) is 2.66. The van der Waals surface area contributed by atoms with E-state index in [0.717, 1.165) is 55.4 Å². The van der Waals surface area contributed by atoms with Gasteiger partial charge in [0.25, 0.3) is 0 Å². The van der Waals surface area contributed by atoms with Crippen LogP contribution in [0.1, 0.15) is 56.1 Å². The quantitative estimate of drug-likeness (QED) is 0.889. The maximum absolute atomic E-state index is 13.5. The van der Waals surface area contributed by atoms with Crippen molar-refractivity contribution in [1.82, 2.24) is 4.90 Å². The second kappa shape index (κ2) is 7.06. The van der Waals surface area contributed by atoms with E-state index < -0.39 is 11.4 Å². The van der Waals surface area contributed by atoms with E-state index in [4.69, 9.17) is 9.84 Å². The lowest BCUT2D eigenvalue weighted by molar-refractivity contribution is -0.142. The summed E-state index contributed by atoms with van der Waals surface area (Å²) in [5.74, 6) is 0.0851. The summed E-state index contributed by atoms with van der Waals surface area (Å²) in [5.41, 5.74) is 1.54. The summed E-state index contributed by atoms with van der Waals surface area (Å²) >= 11 is 0. The summed E-state index contributed by atoms with van der Waals surface area (Å²) in [4.78, 5) is 26.5. The molecule has 3 rings (SSSR count). The Labute approximate surface area is 149 Å². The number of hydrogen-bond acceptors (Lipinski definition) is 3. The van der Waals surface area contributed by atoms with Gasteiger partial charge in [0, 0.05) is 12.6 Å². The van der Waals surface area contributed by atoms with Gasteiger partial charge in [-0.25, -0.2) is 0 Å². The van der Waals surface area contributed by atoms with Gasteiger partial charge < -0.3 is 14.7 Å². The lowest BCUT2D eigenvalue weighted by atomic mass is 9.77. The monoisotopic (exact) mass is 345 g/mol. The van der Waals surface area contributed by atoms with E-state index in [1.165, 1.54) is 0 Å². The maximum atomic E-state index is 13.5. The average Bonchev–Trinajstić information content (AvgIpc) is 3.24. The SMILES string of the molecule is COc1cc(C2(C(=O)N3CCCC3CC(=O)O)CCCC2)ccc1C. The number of rotatable bonds is 5. The van der Waals surface area contributed by atoms with Crippen LogP contribution >= 0.6 is 0 Å². The predicted octanol–water partition coefficient (Wildman–Crippen LogP) is 3.28. The Morgan fingerprint density at radius 1 is 1.28 bits per heavy atom. The molecule has 25 heavy (non-hydrogen) atoms. The number of carbonyl (C=O) groups is 2. The molecule has 0 spiro atoms. The molecule has 1 amide bonds. The third kappa shape index (κ3) is 3.24. The first kappa shape index (κ1) is 17.8. The Morgan fingerprint density at radius 2 is 2.00 bits per heavy atom. The van der Waals surface area contributed by atoms with Crippen LogP contribution in [0.4, 0.5) is 0 Å². The van der Waals surface area contributed by atoms with Gasteiger partial charge in [0.05, 0.1) is 18.9 Å². The Morgan fingerprint density at radius 3 is 2.64 bits per heavy atom. The van der Waals surface area contributed by atoms with E-state index in [9.17, 15) is 9.59 Å². The van der Waals surface area contributed by atoms with Gasteiger partial charge in [-0.15, -0.1) is 0 Å². The summed E-state index contributed by atoms with van der Waals surface area (Å²) in [6, 6.07) is 5.89. The number of nitrogens with zero attached hydrogens (tertiary/aromatic N) is 1. The molecule has 1 aliphatic carbocycles. The molecule has 2 aliphatic rings. The predicted molar refractivity (Wildman–Crippen MR) is 94.9 cm³/mol. The minimum Gasteiger partial charge on any atom is -0.496 e. The van der Waals surface area contributed by atoms with Crippen LogP contribution in [-0.2, 0) is 15.0 Å². The lowest BCUT2D eigenvalue weighted by Gasteiger charge is -2.36. The fourth-order valence-electron chi connectivity index (χ4n) is 4.51. The topological polar surface area (TPSA) is 66.8 Å². The van der Waals surface area contributed by atoms with Crippen molar-refractivity contribution in [2.75, 3.05) is 13.7 Å². The highest BCUT2D eigenvalue weighted by Gasteiger charge is 2.47. The molecule has 136 valence electrons. The van der Waals surface area contributed by atoms with Crippen molar-refractivity contribution in [1.29, 1.82) is 0 Å². The number of carboxylic acids is 1. The highest BCUT2D eigenvalue weighted by atomic mass is 16.5. The first-order valence-electron chi connectivity index (χ1n) is 9.16. The number of carbonyl (C=O) groups excluding carboxylic acids is 1. The molecule has 1 aromatic rings. The van der Waals surface area contributed by atoms with Gasteiger partial charge in [0.2, 0.25) is 5.91 Å². The summed E-state index contributed by atoms with van der Waals surface area (Å²) in [5, 5.41) is 9.16. The molecular weight excluding hydrogens is 318 g/mol. The van der Waals surface area contributed by atoms with Crippen molar-refractivity contribution in [3.05, 3.63) is 29.3 Å². The fraction of sp³-hybridized carbons (Fsp3) is 0.600. The molecular formula is C20H27NO4. The van der Waals surface area contributed by atoms with Crippen LogP contribution in [0.15, 0.2) is 18.2 Å².